The quantitative estimate of drug-likeness (QED) is 0.365. The molecule has 3 heterocycles. The van der Waals surface area contributed by atoms with Crippen LogP contribution in [0.25, 0.3) is 0 Å². The third-order valence-electron chi connectivity index (χ3n) is 5.96. The van der Waals surface area contributed by atoms with Gasteiger partial charge in [0.2, 0.25) is 6.79 Å². The number of guanidine groups is 1. The second kappa shape index (κ2) is 9.51. The molecule has 8 heteroatoms. The second-order valence-corrected chi connectivity index (χ2v) is 10.2. The number of hydrogen-bond donors (Lipinski definition) is 1. The maximum atomic E-state index is 5.69. The number of benzene rings is 1. The van der Waals surface area contributed by atoms with Crippen molar-refractivity contribution in [2.24, 2.45) is 4.99 Å². The highest BCUT2D eigenvalue weighted by Crippen LogP contribution is 2.40. The van der Waals surface area contributed by atoms with Gasteiger partial charge < -0.3 is 24.4 Å². The molecular weight excluding hydrogens is 501 g/mol. The molecule has 6 nitrogen and oxygen atoms in total. The number of ether oxygens (including phenoxy) is 3. The van der Waals surface area contributed by atoms with Gasteiger partial charge in [-0.2, -0.15) is 11.8 Å². The number of fused-ring (bicyclic) bond motifs is 1. The molecule has 162 valence electrons. The first-order valence-corrected chi connectivity index (χ1v) is 11.1. The first-order chi connectivity index (χ1) is 13.5. The molecule has 0 bridgehead atoms. The van der Waals surface area contributed by atoms with Crippen LogP contribution in [0.4, 0.5) is 0 Å². The molecule has 1 aromatic rings. The Hall–Kier alpha value is -0.870. The van der Waals surface area contributed by atoms with Gasteiger partial charge in [0.1, 0.15) is 0 Å². The Labute approximate surface area is 195 Å². The lowest BCUT2D eigenvalue weighted by atomic mass is 9.74. The summed E-state index contributed by atoms with van der Waals surface area (Å²) in [5.74, 6) is 3.82. The minimum Gasteiger partial charge on any atom is -0.454 e. The van der Waals surface area contributed by atoms with Crippen LogP contribution in [0.3, 0.4) is 0 Å². The summed E-state index contributed by atoms with van der Waals surface area (Å²) in [6.45, 7) is 9.37. The predicted molar refractivity (Wildman–Crippen MR) is 129 cm³/mol. The summed E-state index contributed by atoms with van der Waals surface area (Å²) in [5.41, 5.74) is 1.30. The third kappa shape index (κ3) is 5.07. The maximum Gasteiger partial charge on any atom is 0.231 e. The molecule has 3 aliphatic rings. The van der Waals surface area contributed by atoms with Gasteiger partial charge in [0.15, 0.2) is 17.5 Å². The van der Waals surface area contributed by atoms with Crippen molar-refractivity contribution >= 4 is 41.7 Å². The highest BCUT2D eigenvalue weighted by atomic mass is 127. The van der Waals surface area contributed by atoms with Gasteiger partial charge in [-0.05, 0) is 44.4 Å². The van der Waals surface area contributed by atoms with Crippen LogP contribution < -0.4 is 14.8 Å². The van der Waals surface area contributed by atoms with Crippen LogP contribution in [0.5, 0.6) is 11.5 Å². The molecule has 0 spiro atoms. The summed E-state index contributed by atoms with van der Waals surface area (Å²) in [7, 11) is 1.88. The van der Waals surface area contributed by atoms with E-state index in [1.54, 1.807) is 0 Å². The normalized spacial score (nSPS) is 22.7. The second-order valence-electron chi connectivity index (χ2n) is 8.39. The Morgan fingerprint density at radius 2 is 1.97 bits per heavy atom. The van der Waals surface area contributed by atoms with E-state index in [1.165, 1.54) is 5.56 Å². The molecule has 0 unspecified atom stereocenters. The van der Waals surface area contributed by atoms with Crippen LogP contribution >= 0.6 is 35.7 Å². The Morgan fingerprint density at radius 3 is 2.69 bits per heavy atom. The fraction of sp³-hybridized carbons (Fsp3) is 0.667. The summed E-state index contributed by atoms with van der Waals surface area (Å²) in [5, 5.41) is 3.69. The molecule has 0 saturated carbocycles. The Bertz CT molecular complexity index is 738. The van der Waals surface area contributed by atoms with Crippen LogP contribution in [-0.4, -0.2) is 68.0 Å². The lowest BCUT2D eigenvalue weighted by molar-refractivity contribution is 0.0511. The van der Waals surface area contributed by atoms with Gasteiger partial charge in [-0.25, -0.2) is 0 Å². The Morgan fingerprint density at radius 1 is 1.21 bits per heavy atom. The number of aliphatic imine (C=N–C) groups is 1. The van der Waals surface area contributed by atoms with Crippen molar-refractivity contribution in [3.05, 3.63) is 23.8 Å². The number of thioether (sulfide) groups is 1. The van der Waals surface area contributed by atoms with E-state index < -0.39 is 0 Å². The molecule has 3 aliphatic heterocycles. The topological polar surface area (TPSA) is 55.3 Å². The van der Waals surface area contributed by atoms with Crippen molar-refractivity contribution in [3.63, 3.8) is 0 Å². The zero-order valence-corrected chi connectivity index (χ0v) is 20.7. The lowest BCUT2D eigenvalue weighted by Crippen LogP contribution is -2.54. The van der Waals surface area contributed by atoms with E-state index in [0.29, 0.717) is 6.79 Å². The van der Waals surface area contributed by atoms with Crippen molar-refractivity contribution in [2.75, 3.05) is 52.4 Å². The number of nitrogens with one attached hydrogen (secondary N) is 1. The standard InChI is InChI=1S/C21H31N3O3S.HI/c1-20(2)14-24(8-11-28-20)19(22-3)23-13-21(6-9-25-10-7-21)16-4-5-17-18(12-16)27-15-26-17;/h4-5,12H,6-11,13-15H2,1-3H3,(H,22,23);1H. The monoisotopic (exact) mass is 533 g/mol. The summed E-state index contributed by atoms with van der Waals surface area (Å²) < 4.78 is 17.1. The number of rotatable bonds is 3. The summed E-state index contributed by atoms with van der Waals surface area (Å²) in [6, 6.07) is 6.37. The smallest absolute Gasteiger partial charge is 0.231 e. The maximum absolute atomic E-state index is 5.69. The Balaban J connectivity index is 0.00000240. The summed E-state index contributed by atoms with van der Waals surface area (Å²) in [6.07, 6.45) is 1.97. The fourth-order valence-corrected chi connectivity index (χ4v) is 5.45. The lowest BCUT2D eigenvalue weighted by Gasteiger charge is -2.42. The highest BCUT2D eigenvalue weighted by Gasteiger charge is 2.37. The first kappa shape index (κ1) is 22.8. The SMILES string of the molecule is CN=C(NCC1(c2ccc3c(c2)OCO3)CCOCC1)N1CCSC(C)(C)C1.I. The van der Waals surface area contributed by atoms with Gasteiger partial charge in [-0.15, -0.1) is 24.0 Å². The van der Waals surface area contributed by atoms with E-state index in [1.807, 2.05) is 24.9 Å². The molecule has 29 heavy (non-hydrogen) atoms. The van der Waals surface area contributed by atoms with E-state index in [4.69, 9.17) is 14.2 Å². The summed E-state index contributed by atoms with van der Waals surface area (Å²) >= 11 is 2.04. The van der Waals surface area contributed by atoms with Gasteiger partial charge in [-0.3, -0.25) is 4.99 Å². The molecule has 1 aromatic carbocycles. The van der Waals surface area contributed by atoms with Crippen molar-refractivity contribution < 1.29 is 14.2 Å². The molecule has 0 radical (unpaired) electrons. The van der Waals surface area contributed by atoms with Gasteiger partial charge in [0.05, 0.1) is 0 Å². The molecule has 0 amide bonds. The predicted octanol–water partition coefficient (Wildman–Crippen LogP) is 3.48. The average molecular weight is 533 g/mol. The van der Waals surface area contributed by atoms with Gasteiger partial charge >= 0.3 is 0 Å². The Kier molecular flexibility index (Phi) is 7.48. The van der Waals surface area contributed by atoms with Crippen LogP contribution in [0.1, 0.15) is 32.3 Å². The third-order valence-corrected chi connectivity index (χ3v) is 7.25. The van der Waals surface area contributed by atoms with Gasteiger partial charge in [0, 0.05) is 55.8 Å². The molecule has 2 saturated heterocycles. The molecule has 0 aliphatic carbocycles. The van der Waals surface area contributed by atoms with E-state index in [0.717, 1.165) is 68.9 Å². The number of halogens is 1. The fourth-order valence-electron chi connectivity index (χ4n) is 4.33. The molecule has 1 N–H and O–H groups in total. The van der Waals surface area contributed by atoms with Crippen LogP contribution in [-0.2, 0) is 10.2 Å². The molecule has 4 rings (SSSR count). The highest BCUT2D eigenvalue weighted by molar-refractivity contribution is 14.0. The molecule has 0 aromatic heterocycles. The molecule has 0 atom stereocenters. The van der Waals surface area contributed by atoms with E-state index in [2.05, 4.69) is 41.2 Å². The zero-order chi connectivity index (χ0) is 19.6. The van der Waals surface area contributed by atoms with Gasteiger partial charge in [-0.1, -0.05) is 6.07 Å². The zero-order valence-electron chi connectivity index (χ0n) is 17.5. The van der Waals surface area contributed by atoms with Gasteiger partial charge in [0.25, 0.3) is 0 Å². The van der Waals surface area contributed by atoms with Crippen molar-refractivity contribution in [2.45, 2.75) is 36.9 Å². The van der Waals surface area contributed by atoms with Crippen molar-refractivity contribution in [1.82, 2.24) is 10.2 Å². The minimum absolute atomic E-state index is 0. The van der Waals surface area contributed by atoms with Crippen LogP contribution in [0.2, 0.25) is 0 Å². The average Bonchev–Trinajstić information content (AvgIpc) is 3.16. The van der Waals surface area contributed by atoms with E-state index in [-0.39, 0.29) is 34.1 Å². The van der Waals surface area contributed by atoms with Crippen molar-refractivity contribution in [1.29, 1.82) is 0 Å². The van der Waals surface area contributed by atoms with Crippen LogP contribution in [0, 0.1) is 0 Å². The van der Waals surface area contributed by atoms with E-state index in [9.17, 15) is 0 Å². The largest absolute Gasteiger partial charge is 0.454 e. The van der Waals surface area contributed by atoms with Crippen LogP contribution in [0.15, 0.2) is 23.2 Å². The summed E-state index contributed by atoms with van der Waals surface area (Å²) in [4.78, 5) is 6.98. The molecular formula is C21H32IN3O3S. The number of hydrogen-bond acceptors (Lipinski definition) is 5. The number of nitrogens with zero attached hydrogens (tertiary/aromatic N) is 2. The van der Waals surface area contributed by atoms with Crippen molar-refractivity contribution in [3.8, 4) is 11.5 Å². The molecule has 2 fully saturated rings. The van der Waals surface area contributed by atoms with E-state index >= 15 is 0 Å². The minimum atomic E-state index is 0. The first-order valence-electron chi connectivity index (χ1n) is 10.1.